The number of carbonyl (C=O) groups is 1. The van der Waals surface area contributed by atoms with Crippen LogP contribution in [0.4, 0.5) is 0 Å². The molecule has 0 unspecified atom stereocenters. The van der Waals surface area contributed by atoms with E-state index in [0.717, 1.165) is 29.7 Å². The lowest BCUT2D eigenvalue weighted by Gasteiger charge is -2.09. The normalized spacial score (nSPS) is 11.3. The summed E-state index contributed by atoms with van der Waals surface area (Å²) in [6.45, 7) is 7.83. The largest absolute Gasteiger partial charge is 0.426 e. The average Bonchev–Trinajstić information content (AvgIpc) is 2.41. The van der Waals surface area contributed by atoms with Crippen LogP contribution in [0.15, 0.2) is 23.4 Å². The molecule has 4 nitrogen and oxygen atoms in total. The molecule has 116 valence electrons. The molecule has 0 aliphatic heterocycles. The van der Waals surface area contributed by atoms with Crippen molar-refractivity contribution in [3.63, 3.8) is 0 Å². The Hall–Kier alpha value is -1.84. The van der Waals surface area contributed by atoms with Gasteiger partial charge in [-0.3, -0.25) is 4.79 Å². The Balaban J connectivity index is 2.59. The molecular weight excluding hydrogens is 266 g/mol. The van der Waals surface area contributed by atoms with Gasteiger partial charge in [0.1, 0.15) is 12.4 Å². The van der Waals surface area contributed by atoms with Crippen molar-refractivity contribution in [3.8, 4) is 5.75 Å². The molecule has 21 heavy (non-hydrogen) atoms. The van der Waals surface area contributed by atoms with Crippen LogP contribution in [0.2, 0.25) is 0 Å². The van der Waals surface area contributed by atoms with Crippen LogP contribution >= 0.6 is 0 Å². The third-order valence-corrected chi connectivity index (χ3v) is 3.05. The van der Waals surface area contributed by atoms with Crippen molar-refractivity contribution < 1.29 is 14.4 Å². The first-order valence-electron chi connectivity index (χ1n) is 7.46. The van der Waals surface area contributed by atoms with E-state index in [1.165, 1.54) is 19.8 Å². The molecule has 0 heterocycles. The van der Waals surface area contributed by atoms with Crippen LogP contribution in [0.1, 0.15) is 57.6 Å². The number of carbonyl (C=O) groups excluding carboxylic acids is 1. The molecule has 0 saturated heterocycles. The molecule has 0 spiro atoms. The van der Waals surface area contributed by atoms with Crippen LogP contribution in [-0.4, -0.2) is 11.7 Å². The molecule has 0 bridgehead atoms. The number of esters is 1. The van der Waals surface area contributed by atoms with E-state index >= 15 is 0 Å². The molecule has 1 aromatic carbocycles. The zero-order chi connectivity index (χ0) is 15.7. The van der Waals surface area contributed by atoms with Crippen LogP contribution in [-0.2, 0) is 16.2 Å². The predicted octanol–water partition coefficient (Wildman–Crippen LogP) is 4.39. The molecule has 1 rings (SSSR count). The number of oxime groups is 1. The molecule has 0 amide bonds. The number of ether oxygens (including phenoxy) is 1. The van der Waals surface area contributed by atoms with Crippen LogP contribution in [0.5, 0.6) is 5.75 Å². The molecule has 0 saturated carbocycles. The van der Waals surface area contributed by atoms with Crippen LogP contribution in [0.25, 0.3) is 0 Å². The second kappa shape index (κ2) is 9.16. The van der Waals surface area contributed by atoms with Crippen molar-refractivity contribution in [1.82, 2.24) is 0 Å². The minimum atomic E-state index is -0.334. The van der Waals surface area contributed by atoms with Crippen molar-refractivity contribution in [2.75, 3.05) is 0 Å². The third-order valence-electron chi connectivity index (χ3n) is 3.05. The number of nitrogens with zero attached hydrogens (tertiary/aromatic N) is 1. The number of rotatable bonds is 8. The summed E-state index contributed by atoms with van der Waals surface area (Å²) in [5, 5.41) is 4.12. The van der Waals surface area contributed by atoms with Crippen LogP contribution in [0, 0.1) is 6.92 Å². The summed E-state index contributed by atoms with van der Waals surface area (Å²) < 4.78 is 5.17. The van der Waals surface area contributed by atoms with Crippen molar-refractivity contribution in [3.05, 3.63) is 29.3 Å². The molecule has 0 fully saturated rings. The van der Waals surface area contributed by atoms with Gasteiger partial charge in [-0.1, -0.05) is 36.6 Å². The lowest BCUT2D eigenvalue weighted by atomic mass is 10.1. The van der Waals surface area contributed by atoms with E-state index in [9.17, 15) is 4.79 Å². The zero-order valence-corrected chi connectivity index (χ0v) is 13.4. The Morgan fingerprint density at radius 3 is 2.67 bits per heavy atom. The third kappa shape index (κ3) is 6.93. The van der Waals surface area contributed by atoms with Gasteiger partial charge >= 0.3 is 5.97 Å². The van der Waals surface area contributed by atoms with Crippen LogP contribution in [0.3, 0.4) is 0 Å². The number of hydrogen-bond donors (Lipinski definition) is 0. The first-order valence-corrected chi connectivity index (χ1v) is 7.46. The Kier molecular flexibility index (Phi) is 7.51. The number of aryl methyl sites for hydroxylation is 1. The molecular formula is C17H25NO3. The maximum atomic E-state index is 11.1. The molecule has 0 aliphatic rings. The lowest BCUT2D eigenvalue weighted by molar-refractivity contribution is -0.132. The fraction of sp³-hybridized carbons (Fsp3) is 0.529. The smallest absolute Gasteiger partial charge is 0.308 e. The van der Waals surface area contributed by atoms with E-state index < -0.39 is 0 Å². The minimum Gasteiger partial charge on any atom is -0.426 e. The van der Waals surface area contributed by atoms with Gasteiger partial charge in [0.15, 0.2) is 0 Å². The van der Waals surface area contributed by atoms with Gasteiger partial charge < -0.3 is 9.57 Å². The monoisotopic (exact) mass is 291 g/mol. The molecule has 4 heteroatoms. The SMILES string of the molecule is CCCCC/C(C)=N/OCc1cc(C)ccc1OC(C)=O. The fourth-order valence-electron chi connectivity index (χ4n) is 1.96. The van der Waals surface area contributed by atoms with Crippen LogP contribution < -0.4 is 4.74 Å². The molecule has 0 radical (unpaired) electrons. The zero-order valence-electron chi connectivity index (χ0n) is 13.4. The highest BCUT2D eigenvalue weighted by Crippen LogP contribution is 2.21. The summed E-state index contributed by atoms with van der Waals surface area (Å²) in [6, 6.07) is 5.63. The second-order valence-corrected chi connectivity index (χ2v) is 5.26. The van der Waals surface area contributed by atoms with Gasteiger partial charge in [-0.25, -0.2) is 0 Å². The van der Waals surface area contributed by atoms with Gasteiger partial charge in [0, 0.05) is 12.5 Å². The van der Waals surface area contributed by atoms with E-state index in [1.807, 2.05) is 26.0 Å². The lowest BCUT2D eigenvalue weighted by Crippen LogP contribution is -2.05. The van der Waals surface area contributed by atoms with Gasteiger partial charge in [-0.15, -0.1) is 0 Å². The summed E-state index contributed by atoms with van der Waals surface area (Å²) >= 11 is 0. The quantitative estimate of drug-likeness (QED) is 0.234. The van der Waals surface area contributed by atoms with Gasteiger partial charge in [0.2, 0.25) is 0 Å². The highest BCUT2D eigenvalue weighted by Gasteiger charge is 2.07. The Bertz CT molecular complexity index is 495. The first-order chi connectivity index (χ1) is 10.0. The maximum Gasteiger partial charge on any atom is 0.308 e. The van der Waals surface area contributed by atoms with E-state index in [-0.39, 0.29) is 5.97 Å². The van der Waals surface area contributed by atoms with E-state index in [1.54, 1.807) is 6.07 Å². The molecule has 0 aliphatic carbocycles. The summed E-state index contributed by atoms with van der Waals surface area (Å²) in [5.74, 6) is 0.200. The van der Waals surface area contributed by atoms with Gasteiger partial charge in [-0.05, 0) is 38.8 Å². The van der Waals surface area contributed by atoms with Gasteiger partial charge in [0.05, 0.1) is 5.71 Å². The maximum absolute atomic E-state index is 11.1. The van der Waals surface area contributed by atoms with Gasteiger partial charge in [-0.2, -0.15) is 0 Å². The van der Waals surface area contributed by atoms with E-state index in [2.05, 4.69) is 12.1 Å². The Morgan fingerprint density at radius 1 is 1.24 bits per heavy atom. The Morgan fingerprint density at radius 2 is 2.00 bits per heavy atom. The van der Waals surface area contributed by atoms with Gasteiger partial charge in [0.25, 0.3) is 0 Å². The molecule has 0 atom stereocenters. The standard InChI is InChI=1S/C17H25NO3/c1-5-6-7-8-14(3)18-20-12-16-11-13(2)9-10-17(16)21-15(4)19/h9-11H,5-8,12H2,1-4H3/b18-14+. The highest BCUT2D eigenvalue weighted by atomic mass is 16.6. The summed E-state index contributed by atoms with van der Waals surface area (Å²) in [5.41, 5.74) is 2.91. The topological polar surface area (TPSA) is 47.9 Å². The highest BCUT2D eigenvalue weighted by molar-refractivity contribution is 5.81. The summed E-state index contributed by atoms with van der Waals surface area (Å²) in [7, 11) is 0. The summed E-state index contributed by atoms with van der Waals surface area (Å²) in [4.78, 5) is 16.5. The molecule has 0 N–H and O–H groups in total. The summed E-state index contributed by atoms with van der Waals surface area (Å²) in [6.07, 6.45) is 4.50. The van der Waals surface area contributed by atoms with E-state index in [4.69, 9.17) is 9.57 Å². The van der Waals surface area contributed by atoms with Crippen molar-refractivity contribution >= 4 is 11.7 Å². The molecule has 0 aromatic heterocycles. The van der Waals surface area contributed by atoms with Crippen molar-refractivity contribution in [1.29, 1.82) is 0 Å². The number of unbranched alkanes of at least 4 members (excludes halogenated alkanes) is 2. The fourth-order valence-corrected chi connectivity index (χ4v) is 1.96. The minimum absolute atomic E-state index is 0.301. The van der Waals surface area contributed by atoms with E-state index in [0.29, 0.717) is 12.4 Å². The number of benzene rings is 1. The second-order valence-electron chi connectivity index (χ2n) is 5.26. The predicted molar refractivity (Wildman–Crippen MR) is 84.5 cm³/mol. The average molecular weight is 291 g/mol. The van der Waals surface area contributed by atoms with Crippen molar-refractivity contribution in [2.24, 2.45) is 5.16 Å². The number of hydrogen-bond acceptors (Lipinski definition) is 4. The Labute approximate surface area is 127 Å². The molecule has 1 aromatic rings. The first kappa shape index (κ1) is 17.2. The van der Waals surface area contributed by atoms with Crippen molar-refractivity contribution in [2.45, 2.75) is 60.0 Å².